The topological polar surface area (TPSA) is 15.0 Å². The van der Waals surface area contributed by atoms with Gasteiger partial charge in [-0.1, -0.05) is 90.6 Å². The molecule has 0 saturated heterocycles. The highest BCUT2D eigenvalue weighted by molar-refractivity contribution is 5.88. The fourth-order valence-corrected chi connectivity index (χ4v) is 3.48. The van der Waals surface area contributed by atoms with Crippen molar-refractivity contribution in [3.8, 4) is 0 Å². The third kappa shape index (κ3) is 10.6. The number of amidine groups is 1. The standard InChI is InChI=1S/C21H40N2/c1-3-5-6-7-8-9-10-11-12-13-14-15-16-17-19-23-20-18-22-21(23)4-2/h4H,2-3,5-20H2,1H3/p+1. The molecule has 1 N–H and O–H groups in total. The number of hydrogen-bond donors (Lipinski definition) is 1. The third-order valence-electron chi connectivity index (χ3n) is 5.00. The summed E-state index contributed by atoms with van der Waals surface area (Å²) in [5.74, 6) is 1.24. The minimum Gasteiger partial charge on any atom is -0.271 e. The molecule has 23 heavy (non-hydrogen) atoms. The van der Waals surface area contributed by atoms with Crippen LogP contribution in [0, 0.1) is 0 Å². The Balaban J connectivity index is 1.77. The van der Waals surface area contributed by atoms with Crippen molar-refractivity contribution in [3.05, 3.63) is 12.7 Å². The average Bonchev–Trinajstić information content (AvgIpc) is 3.02. The average molecular weight is 322 g/mol. The lowest BCUT2D eigenvalue weighted by Crippen LogP contribution is -2.20. The van der Waals surface area contributed by atoms with Crippen LogP contribution >= 0.6 is 0 Å². The molecule has 2 nitrogen and oxygen atoms in total. The summed E-state index contributed by atoms with van der Waals surface area (Å²) in [6, 6.07) is 0. The van der Waals surface area contributed by atoms with Crippen LogP contribution in [0.15, 0.2) is 12.7 Å². The van der Waals surface area contributed by atoms with Crippen LogP contribution in [0.4, 0.5) is 0 Å². The van der Waals surface area contributed by atoms with Crippen molar-refractivity contribution in [3.63, 3.8) is 0 Å². The summed E-state index contributed by atoms with van der Waals surface area (Å²) in [5.41, 5.74) is 0. The fraction of sp³-hybridized carbons (Fsp3) is 0.857. The van der Waals surface area contributed by atoms with Gasteiger partial charge in [-0.25, -0.2) is 0 Å². The first-order chi connectivity index (χ1) is 11.4. The van der Waals surface area contributed by atoms with Gasteiger partial charge in [0.1, 0.15) is 13.1 Å². The third-order valence-corrected chi connectivity index (χ3v) is 5.00. The molecule has 1 heterocycles. The zero-order valence-corrected chi connectivity index (χ0v) is 15.8. The summed E-state index contributed by atoms with van der Waals surface area (Å²) in [4.78, 5) is 0. The van der Waals surface area contributed by atoms with Gasteiger partial charge in [-0.3, -0.25) is 9.89 Å². The maximum absolute atomic E-state index is 3.87. The van der Waals surface area contributed by atoms with Gasteiger partial charge in [-0.15, -0.1) is 0 Å². The molecule has 0 aromatic rings. The second-order valence-corrected chi connectivity index (χ2v) is 7.10. The zero-order valence-electron chi connectivity index (χ0n) is 15.8. The van der Waals surface area contributed by atoms with Crippen LogP contribution in [-0.4, -0.2) is 30.0 Å². The van der Waals surface area contributed by atoms with Gasteiger partial charge in [0.05, 0.1) is 6.54 Å². The predicted octanol–water partition coefficient (Wildman–Crippen LogP) is 5.67. The minimum absolute atomic E-state index is 1.08. The molecular weight excluding hydrogens is 280 g/mol. The van der Waals surface area contributed by atoms with Crippen LogP contribution in [0.1, 0.15) is 96.8 Å². The quantitative estimate of drug-likeness (QED) is 0.286. The number of nitrogens with one attached hydrogen (secondary N) is 1. The highest BCUT2D eigenvalue weighted by Gasteiger charge is 2.16. The number of hydrogen-bond acceptors (Lipinski definition) is 1. The van der Waals surface area contributed by atoms with E-state index in [0.29, 0.717) is 0 Å². The second-order valence-electron chi connectivity index (χ2n) is 7.10. The molecule has 2 heteroatoms. The first-order valence-corrected chi connectivity index (χ1v) is 10.4. The van der Waals surface area contributed by atoms with Crippen molar-refractivity contribution in [1.82, 2.24) is 5.32 Å². The predicted molar refractivity (Wildman–Crippen MR) is 104 cm³/mol. The number of unbranched alkanes of at least 4 members (excludes halogenated alkanes) is 13. The molecule has 1 aliphatic rings. The van der Waals surface area contributed by atoms with E-state index in [4.69, 9.17) is 0 Å². The highest BCUT2D eigenvalue weighted by atomic mass is 15.2. The lowest BCUT2D eigenvalue weighted by molar-refractivity contribution is -0.517. The van der Waals surface area contributed by atoms with E-state index in [0.717, 1.165) is 13.1 Å². The first kappa shape index (κ1) is 20.3. The summed E-state index contributed by atoms with van der Waals surface area (Å²) >= 11 is 0. The molecule has 0 radical (unpaired) electrons. The lowest BCUT2D eigenvalue weighted by Gasteiger charge is -2.04. The van der Waals surface area contributed by atoms with E-state index in [1.165, 1.54) is 102 Å². The summed E-state index contributed by atoms with van der Waals surface area (Å²) in [7, 11) is 0. The van der Waals surface area contributed by atoms with Crippen molar-refractivity contribution in [2.75, 3.05) is 19.6 Å². The molecule has 1 rings (SSSR count). The van der Waals surface area contributed by atoms with E-state index >= 15 is 0 Å². The number of rotatable bonds is 16. The van der Waals surface area contributed by atoms with E-state index in [1.807, 2.05) is 6.08 Å². The Hall–Kier alpha value is -0.790. The van der Waals surface area contributed by atoms with Crippen molar-refractivity contribution < 1.29 is 4.58 Å². The first-order valence-electron chi connectivity index (χ1n) is 10.4. The van der Waals surface area contributed by atoms with E-state index in [-0.39, 0.29) is 0 Å². The molecule has 0 bridgehead atoms. The number of nitrogens with zero attached hydrogens (tertiary/aromatic N) is 1. The summed E-state index contributed by atoms with van der Waals surface area (Å²) in [6.07, 6.45) is 22.0. The molecule has 1 aliphatic heterocycles. The molecule has 0 atom stereocenters. The van der Waals surface area contributed by atoms with Gasteiger partial charge in [-0.2, -0.15) is 0 Å². The molecule has 0 saturated carbocycles. The van der Waals surface area contributed by atoms with Crippen LogP contribution in [0.2, 0.25) is 0 Å². The van der Waals surface area contributed by atoms with Crippen LogP contribution < -0.4 is 5.32 Å². The Morgan fingerprint density at radius 1 is 0.826 bits per heavy atom. The van der Waals surface area contributed by atoms with Gasteiger partial charge >= 0.3 is 0 Å². The largest absolute Gasteiger partial charge is 0.271 e. The Bertz CT molecular complexity index is 320. The molecule has 0 unspecified atom stereocenters. The summed E-state index contributed by atoms with van der Waals surface area (Å²) in [6.45, 7) is 9.60. The van der Waals surface area contributed by atoms with Crippen molar-refractivity contribution in [2.24, 2.45) is 0 Å². The Labute approximate surface area is 145 Å². The van der Waals surface area contributed by atoms with E-state index in [1.54, 1.807) is 0 Å². The van der Waals surface area contributed by atoms with Crippen molar-refractivity contribution in [1.29, 1.82) is 0 Å². The molecule has 0 amide bonds. The monoisotopic (exact) mass is 321 g/mol. The Kier molecular flexibility index (Phi) is 13.0. The van der Waals surface area contributed by atoms with Gasteiger partial charge in [0.25, 0.3) is 5.84 Å². The van der Waals surface area contributed by atoms with Crippen LogP contribution in [0.25, 0.3) is 0 Å². The Morgan fingerprint density at radius 3 is 1.78 bits per heavy atom. The zero-order chi connectivity index (χ0) is 16.6. The maximum Gasteiger partial charge on any atom is 0.269 e. The van der Waals surface area contributed by atoms with E-state index in [9.17, 15) is 0 Å². The van der Waals surface area contributed by atoms with E-state index < -0.39 is 0 Å². The van der Waals surface area contributed by atoms with Gasteiger partial charge < -0.3 is 0 Å². The smallest absolute Gasteiger partial charge is 0.269 e. The molecule has 0 fully saturated rings. The molecular formula is C21H41N2+. The summed E-state index contributed by atoms with van der Waals surface area (Å²) < 4.78 is 2.44. The summed E-state index contributed by atoms with van der Waals surface area (Å²) in [5, 5.41) is 3.38. The van der Waals surface area contributed by atoms with Crippen LogP contribution in [0.3, 0.4) is 0 Å². The van der Waals surface area contributed by atoms with Crippen LogP contribution in [-0.2, 0) is 0 Å². The highest BCUT2D eigenvalue weighted by Crippen LogP contribution is 2.13. The normalized spacial score (nSPS) is 14.3. The second kappa shape index (κ2) is 14.8. The fourth-order valence-electron chi connectivity index (χ4n) is 3.48. The molecule has 0 aromatic carbocycles. The van der Waals surface area contributed by atoms with Crippen LogP contribution in [0.5, 0.6) is 0 Å². The van der Waals surface area contributed by atoms with Crippen molar-refractivity contribution >= 4 is 5.84 Å². The molecule has 0 spiro atoms. The SMILES string of the molecule is C=CC1=[N+](CCCCCCCCCCCCCCCC)CCN1. The molecule has 134 valence electrons. The Morgan fingerprint density at radius 2 is 1.30 bits per heavy atom. The van der Waals surface area contributed by atoms with Gasteiger partial charge in [-0.05, 0) is 12.8 Å². The van der Waals surface area contributed by atoms with Gasteiger partial charge in [0, 0.05) is 6.08 Å². The van der Waals surface area contributed by atoms with E-state index in [2.05, 4.69) is 23.4 Å². The molecule has 0 aliphatic carbocycles. The maximum atomic E-state index is 3.87. The molecule has 0 aromatic heterocycles. The lowest BCUT2D eigenvalue weighted by atomic mass is 10.0. The minimum atomic E-state index is 1.08. The van der Waals surface area contributed by atoms with Gasteiger partial charge in [0.15, 0.2) is 0 Å². The van der Waals surface area contributed by atoms with Crippen molar-refractivity contribution in [2.45, 2.75) is 96.8 Å². The van der Waals surface area contributed by atoms with Gasteiger partial charge in [0.2, 0.25) is 0 Å².